The van der Waals surface area contributed by atoms with Crippen LogP contribution in [0.3, 0.4) is 0 Å². The van der Waals surface area contributed by atoms with Gasteiger partial charge in [-0.2, -0.15) is 0 Å². The molecule has 0 saturated carbocycles. The molecule has 5 nitrogen and oxygen atoms in total. The standard InChI is InChI=1S/C17H16BrF2N3O2/c1-17(2,3)25-16(24)23(4)11-6-10(19)13(20)12-9-5-8(18)7-21-15(9)22-14(11)12/h5-7H,1-4H3,(H,21,22). The van der Waals surface area contributed by atoms with Crippen molar-refractivity contribution in [1.82, 2.24) is 9.97 Å². The van der Waals surface area contributed by atoms with Gasteiger partial charge in [-0.25, -0.2) is 18.6 Å². The summed E-state index contributed by atoms with van der Waals surface area (Å²) in [6.45, 7) is 5.18. The van der Waals surface area contributed by atoms with Crippen molar-refractivity contribution < 1.29 is 18.3 Å². The summed E-state index contributed by atoms with van der Waals surface area (Å²) in [4.78, 5) is 20.6. The van der Waals surface area contributed by atoms with Crippen LogP contribution in [-0.2, 0) is 4.74 Å². The molecule has 1 amide bonds. The molecule has 0 saturated heterocycles. The number of aromatic amines is 1. The molecule has 132 valence electrons. The molecule has 1 aromatic carbocycles. The summed E-state index contributed by atoms with van der Waals surface area (Å²) < 4.78 is 34.5. The number of anilines is 1. The summed E-state index contributed by atoms with van der Waals surface area (Å²) in [6.07, 6.45) is 0.871. The van der Waals surface area contributed by atoms with E-state index in [1.807, 2.05) is 0 Å². The smallest absolute Gasteiger partial charge is 0.414 e. The number of H-pyrrole nitrogens is 1. The zero-order valence-corrected chi connectivity index (χ0v) is 15.7. The Bertz CT molecular complexity index is 995. The van der Waals surface area contributed by atoms with E-state index in [2.05, 4.69) is 25.9 Å². The number of nitrogens with zero attached hydrogens (tertiary/aromatic N) is 2. The van der Waals surface area contributed by atoms with Crippen LogP contribution in [0, 0.1) is 11.6 Å². The zero-order chi connectivity index (χ0) is 18.5. The largest absolute Gasteiger partial charge is 0.443 e. The highest BCUT2D eigenvalue weighted by atomic mass is 79.9. The molecule has 0 fully saturated rings. The number of aromatic nitrogens is 2. The van der Waals surface area contributed by atoms with E-state index in [4.69, 9.17) is 4.74 Å². The quantitative estimate of drug-likeness (QED) is 0.603. The number of hydrogen-bond acceptors (Lipinski definition) is 3. The lowest BCUT2D eigenvalue weighted by molar-refractivity contribution is 0.0589. The van der Waals surface area contributed by atoms with Crippen LogP contribution in [0.4, 0.5) is 19.3 Å². The molecule has 0 atom stereocenters. The molecule has 3 aromatic rings. The fourth-order valence-electron chi connectivity index (χ4n) is 2.53. The molecule has 0 bridgehead atoms. The van der Waals surface area contributed by atoms with Gasteiger partial charge in [0.05, 0.1) is 11.2 Å². The van der Waals surface area contributed by atoms with Crippen LogP contribution >= 0.6 is 15.9 Å². The monoisotopic (exact) mass is 411 g/mol. The second kappa shape index (κ2) is 5.94. The van der Waals surface area contributed by atoms with E-state index in [0.29, 0.717) is 15.5 Å². The number of benzene rings is 1. The third-order valence-electron chi connectivity index (χ3n) is 3.59. The molecule has 0 spiro atoms. The SMILES string of the molecule is CN(C(=O)OC(C)(C)C)c1cc(F)c(F)c2c1[nH]c1ncc(Br)cc12. The van der Waals surface area contributed by atoms with E-state index < -0.39 is 23.3 Å². The van der Waals surface area contributed by atoms with Crippen molar-refractivity contribution in [3.63, 3.8) is 0 Å². The third-order valence-corrected chi connectivity index (χ3v) is 4.03. The number of carbonyl (C=O) groups excluding carboxylic acids is 1. The Morgan fingerprint density at radius 3 is 2.64 bits per heavy atom. The van der Waals surface area contributed by atoms with Crippen LogP contribution in [-0.4, -0.2) is 28.7 Å². The molecule has 0 aliphatic carbocycles. The highest BCUT2D eigenvalue weighted by molar-refractivity contribution is 9.10. The number of fused-ring (bicyclic) bond motifs is 3. The minimum Gasteiger partial charge on any atom is -0.443 e. The van der Waals surface area contributed by atoms with Crippen LogP contribution in [0.15, 0.2) is 22.8 Å². The van der Waals surface area contributed by atoms with Gasteiger partial charge in [-0.15, -0.1) is 0 Å². The van der Waals surface area contributed by atoms with Crippen molar-refractivity contribution in [2.24, 2.45) is 0 Å². The zero-order valence-electron chi connectivity index (χ0n) is 14.1. The van der Waals surface area contributed by atoms with Gasteiger partial charge in [0.1, 0.15) is 11.2 Å². The topological polar surface area (TPSA) is 58.2 Å². The molecule has 2 heterocycles. The van der Waals surface area contributed by atoms with Gasteiger partial charge >= 0.3 is 6.09 Å². The predicted octanol–water partition coefficient (Wildman–Crippen LogP) is 5.13. The second-order valence-electron chi connectivity index (χ2n) is 6.66. The first-order chi connectivity index (χ1) is 11.6. The van der Waals surface area contributed by atoms with Crippen molar-refractivity contribution in [2.45, 2.75) is 26.4 Å². The Morgan fingerprint density at radius 2 is 2.00 bits per heavy atom. The van der Waals surface area contributed by atoms with Crippen molar-refractivity contribution in [2.75, 3.05) is 11.9 Å². The Kier molecular flexibility index (Phi) is 4.18. The van der Waals surface area contributed by atoms with E-state index in [0.717, 1.165) is 11.0 Å². The average molecular weight is 412 g/mol. The fraction of sp³-hybridized carbons (Fsp3) is 0.294. The highest BCUT2D eigenvalue weighted by Crippen LogP contribution is 2.36. The number of rotatable bonds is 1. The van der Waals surface area contributed by atoms with E-state index in [-0.39, 0.29) is 16.6 Å². The Hall–Kier alpha value is -2.22. The number of nitrogens with one attached hydrogen (secondary N) is 1. The van der Waals surface area contributed by atoms with Gasteiger partial charge in [-0.05, 0) is 42.8 Å². The van der Waals surface area contributed by atoms with Crippen LogP contribution in [0.2, 0.25) is 0 Å². The normalized spacial score (nSPS) is 12.0. The van der Waals surface area contributed by atoms with Crippen molar-refractivity contribution in [1.29, 1.82) is 0 Å². The summed E-state index contributed by atoms with van der Waals surface area (Å²) in [5.41, 5.74) is 0.113. The van der Waals surface area contributed by atoms with Crippen LogP contribution in [0.1, 0.15) is 20.8 Å². The first kappa shape index (κ1) is 17.6. The number of carbonyl (C=O) groups is 1. The average Bonchev–Trinajstić information content (AvgIpc) is 2.87. The minimum absolute atomic E-state index is 0.0363. The molecule has 2 aromatic heterocycles. The van der Waals surface area contributed by atoms with Gasteiger partial charge in [0.25, 0.3) is 0 Å². The summed E-state index contributed by atoms with van der Waals surface area (Å²) in [6, 6.07) is 2.60. The minimum atomic E-state index is -1.06. The summed E-state index contributed by atoms with van der Waals surface area (Å²) in [5.74, 6) is -2.05. The molecular formula is C17H16BrF2N3O2. The maximum Gasteiger partial charge on any atom is 0.414 e. The summed E-state index contributed by atoms with van der Waals surface area (Å²) in [7, 11) is 1.44. The van der Waals surface area contributed by atoms with Crippen LogP contribution in [0.5, 0.6) is 0 Å². The molecular weight excluding hydrogens is 396 g/mol. The van der Waals surface area contributed by atoms with E-state index in [1.54, 1.807) is 33.0 Å². The second-order valence-corrected chi connectivity index (χ2v) is 7.57. The number of hydrogen-bond donors (Lipinski definition) is 1. The lowest BCUT2D eigenvalue weighted by atomic mass is 10.1. The third kappa shape index (κ3) is 3.18. The first-order valence-electron chi connectivity index (χ1n) is 7.50. The van der Waals surface area contributed by atoms with Crippen LogP contribution in [0.25, 0.3) is 21.9 Å². The molecule has 3 rings (SSSR count). The van der Waals surface area contributed by atoms with Crippen LogP contribution < -0.4 is 4.90 Å². The molecule has 0 radical (unpaired) electrons. The lowest BCUT2D eigenvalue weighted by Gasteiger charge is -2.25. The van der Waals surface area contributed by atoms with E-state index in [1.165, 1.54) is 7.05 Å². The summed E-state index contributed by atoms with van der Waals surface area (Å²) >= 11 is 3.27. The van der Waals surface area contributed by atoms with Crippen molar-refractivity contribution >= 4 is 49.6 Å². The maximum absolute atomic E-state index is 14.4. The Labute approximate surface area is 151 Å². The van der Waals surface area contributed by atoms with E-state index in [9.17, 15) is 13.6 Å². The molecule has 0 aliphatic heterocycles. The molecule has 25 heavy (non-hydrogen) atoms. The van der Waals surface area contributed by atoms with Gasteiger partial charge in [0.2, 0.25) is 0 Å². The van der Waals surface area contributed by atoms with Gasteiger partial charge in [0.15, 0.2) is 11.6 Å². The van der Waals surface area contributed by atoms with Crippen molar-refractivity contribution in [3.8, 4) is 0 Å². The maximum atomic E-state index is 14.4. The van der Waals surface area contributed by atoms with Gasteiger partial charge in [0, 0.05) is 34.6 Å². The molecule has 0 aliphatic rings. The van der Waals surface area contributed by atoms with Gasteiger partial charge in [-0.1, -0.05) is 0 Å². The van der Waals surface area contributed by atoms with Crippen molar-refractivity contribution in [3.05, 3.63) is 34.4 Å². The number of pyridine rings is 1. The predicted molar refractivity (Wildman–Crippen MR) is 95.9 cm³/mol. The van der Waals surface area contributed by atoms with E-state index >= 15 is 0 Å². The first-order valence-corrected chi connectivity index (χ1v) is 8.29. The Balaban J connectivity index is 2.24. The lowest BCUT2D eigenvalue weighted by Crippen LogP contribution is -2.34. The summed E-state index contributed by atoms with van der Waals surface area (Å²) in [5, 5.41) is 0.453. The number of halogens is 3. The molecule has 0 unspecified atom stereocenters. The van der Waals surface area contributed by atoms with Gasteiger partial charge < -0.3 is 9.72 Å². The highest BCUT2D eigenvalue weighted by Gasteiger charge is 2.25. The van der Waals surface area contributed by atoms with Gasteiger partial charge in [-0.3, -0.25) is 4.90 Å². The molecule has 1 N–H and O–H groups in total. The Morgan fingerprint density at radius 1 is 1.32 bits per heavy atom. The number of ether oxygens (including phenoxy) is 1. The number of amides is 1. The molecule has 8 heteroatoms. The fourth-order valence-corrected chi connectivity index (χ4v) is 2.86.